The van der Waals surface area contributed by atoms with E-state index in [4.69, 9.17) is 9.72 Å². The number of ether oxygens (including phenoxy) is 1. The molecule has 0 atom stereocenters. The van der Waals surface area contributed by atoms with Crippen LogP contribution < -0.4 is 4.90 Å². The standard InChI is InChI=1S/C26H27N3O3/c1-16-12-20-5-7-24(27-23(20)13-17(16)2)29-11-10-28(14-25(29)30)9-8-19-4-6-21-22(18(19)3)15-32-26(21)31/h4-7,12-13H,8-11,14-15H2,1-3H3. The van der Waals surface area contributed by atoms with Crippen molar-refractivity contribution in [2.45, 2.75) is 33.8 Å². The predicted octanol–water partition coefficient (Wildman–Crippen LogP) is 3.72. The Labute approximate surface area is 187 Å². The number of benzene rings is 2. The van der Waals surface area contributed by atoms with Crippen molar-refractivity contribution >= 4 is 28.6 Å². The zero-order valence-corrected chi connectivity index (χ0v) is 18.8. The molecular formula is C26H27N3O3. The van der Waals surface area contributed by atoms with E-state index < -0.39 is 0 Å². The number of aromatic nitrogens is 1. The number of aryl methyl sites for hydroxylation is 2. The van der Waals surface area contributed by atoms with Crippen molar-refractivity contribution in [2.75, 3.05) is 31.1 Å². The number of piperazine rings is 1. The van der Waals surface area contributed by atoms with Gasteiger partial charge in [-0.1, -0.05) is 6.07 Å². The number of nitrogens with zero attached hydrogens (tertiary/aromatic N) is 3. The highest BCUT2D eigenvalue weighted by molar-refractivity contribution is 5.96. The zero-order valence-electron chi connectivity index (χ0n) is 18.8. The summed E-state index contributed by atoms with van der Waals surface area (Å²) in [6, 6.07) is 12.1. The lowest BCUT2D eigenvalue weighted by atomic mass is 9.96. The summed E-state index contributed by atoms with van der Waals surface area (Å²) >= 11 is 0. The van der Waals surface area contributed by atoms with Crippen molar-refractivity contribution in [2.24, 2.45) is 0 Å². The number of amides is 1. The minimum absolute atomic E-state index is 0.0802. The summed E-state index contributed by atoms with van der Waals surface area (Å²) in [4.78, 5) is 33.4. The first kappa shape index (κ1) is 20.6. The third kappa shape index (κ3) is 3.65. The molecule has 0 spiro atoms. The van der Waals surface area contributed by atoms with Crippen LogP contribution in [0.3, 0.4) is 0 Å². The highest BCUT2D eigenvalue weighted by atomic mass is 16.5. The summed E-state index contributed by atoms with van der Waals surface area (Å²) in [6.45, 7) is 9.23. The molecule has 1 amide bonds. The van der Waals surface area contributed by atoms with Crippen LogP contribution in [0.5, 0.6) is 0 Å². The Bertz CT molecular complexity index is 1250. The molecule has 2 aliphatic rings. The van der Waals surface area contributed by atoms with E-state index in [1.165, 1.54) is 16.7 Å². The maximum absolute atomic E-state index is 12.9. The van der Waals surface area contributed by atoms with Crippen LogP contribution >= 0.6 is 0 Å². The van der Waals surface area contributed by atoms with Crippen LogP contribution in [0, 0.1) is 20.8 Å². The average molecular weight is 430 g/mol. The minimum Gasteiger partial charge on any atom is -0.457 e. The fourth-order valence-electron chi connectivity index (χ4n) is 4.63. The summed E-state index contributed by atoms with van der Waals surface area (Å²) in [7, 11) is 0. The quantitative estimate of drug-likeness (QED) is 0.592. The van der Waals surface area contributed by atoms with E-state index in [1.54, 1.807) is 4.90 Å². The number of carbonyl (C=O) groups excluding carboxylic acids is 2. The maximum atomic E-state index is 12.9. The first-order valence-electron chi connectivity index (χ1n) is 11.1. The number of rotatable bonds is 4. The van der Waals surface area contributed by atoms with Crippen molar-refractivity contribution in [3.8, 4) is 0 Å². The highest BCUT2D eigenvalue weighted by Gasteiger charge is 2.27. The van der Waals surface area contributed by atoms with Gasteiger partial charge in [-0.25, -0.2) is 9.78 Å². The van der Waals surface area contributed by atoms with E-state index in [1.807, 2.05) is 25.1 Å². The molecule has 1 saturated heterocycles. The van der Waals surface area contributed by atoms with Gasteiger partial charge in [0.15, 0.2) is 0 Å². The number of hydrogen-bond donors (Lipinski definition) is 0. The summed E-state index contributed by atoms with van der Waals surface area (Å²) in [5, 5.41) is 1.10. The van der Waals surface area contributed by atoms with Crippen molar-refractivity contribution < 1.29 is 14.3 Å². The summed E-state index contributed by atoms with van der Waals surface area (Å²) in [5.41, 5.74) is 7.40. The molecule has 0 radical (unpaired) electrons. The maximum Gasteiger partial charge on any atom is 0.338 e. The smallest absolute Gasteiger partial charge is 0.338 e. The molecule has 32 heavy (non-hydrogen) atoms. The fourth-order valence-corrected chi connectivity index (χ4v) is 4.63. The van der Waals surface area contributed by atoms with E-state index in [0.717, 1.165) is 47.4 Å². The highest BCUT2D eigenvalue weighted by Crippen LogP contribution is 2.27. The molecule has 0 unspecified atom stereocenters. The number of hydrogen-bond acceptors (Lipinski definition) is 5. The number of anilines is 1. The lowest BCUT2D eigenvalue weighted by Gasteiger charge is -2.34. The zero-order chi connectivity index (χ0) is 22.4. The van der Waals surface area contributed by atoms with Crippen LogP contribution in [-0.4, -0.2) is 47.9 Å². The number of carbonyl (C=O) groups is 2. The minimum atomic E-state index is -0.232. The first-order valence-corrected chi connectivity index (χ1v) is 11.1. The van der Waals surface area contributed by atoms with Crippen molar-refractivity contribution in [1.82, 2.24) is 9.88 Å². The molecule has 1 fully saturated rings. The lowest BCUT2D eigenvalue weighted by molar-refractivity contribution is -0.121. The molecule has 3 heterocycles. The fraction of sp³-hybridized carbons (Fsp3) is 0.346. The van der Waals surface area contributed by atoms with Gasteiger partial charge in [0.1, 0.15) is 12.4 Å². The molecule has 6 nitrogen and oxygen atoms in total. The third-order valence-corrected chi connectivity index (χ3v) is 6.84. The Morgan fingerprint density at radius 2 is 1.81 bits per heavy atom. The summed E-state index contributed by atoms with van der Waals surface area (Å²) < 4.78 is 5.16. The summed E-state index contributed by atoms with van der Waals surface area (Å²) in [6.07, 6.45) is 0.841. The molecule has 2 aromatic carbocycles. The van der Waals surface area contributed by atoms with E-state index >= 15 is 0 Å². The van der Waals surface area contributed by atoms with Gasteiger partial charge in [0.05, 0.1) is 17.6 Å². The molecule has 0 bridgehead atoms. The molecule has 5 rings (SSSR count). The normalized spacial score (nSPS) is 16.5. The average Bonchev–Trinajstić information content (AvgIpc) is 3.15. The van der Waals surface area contributed by atoms with E-state index in [2.05, 4.69) is 36.9 Å². The third-order valence-electron chi connectivity index (χ3n) is 6.84. The molecule has 0 saturated carbocycles. The predicted molar refractivity (Wildman–Crippen MR) is 124 cm³/mol. The van der Waals surface area contributed by atoms with E-state index in [9.17, 15) is 9.59 Å². The molecule has 0 N–H and O–H groups in total. The van der Waals surface area contributed by atoms with E-state index in [-0.39, 0.29) is 11.9 Å². The molecule has 0 aliphatic carbocycles. The van der Waals surface area contributed by atoms with Crippen LogP contribution in [0.1, 0.15) is 38.2 Å². The van der Waals surface area contributed by atoms with Gasteiger partial charge in [-0.3, -0.25) is 14.6 Å². The van der Waals surface area contributed by atoms with Gasteiger partial charge in [0.25, 0.3) is 0 Å². The molecular weight excluding hydrogens is 402 g/mol. The molecule has 3 aromatic rings. The second kappa shape index (κ2) is 8.02. The first-order chi connectivity index (χ1) is 15.4. The van der Waals surface area contributed by atoms with Crippen molar-refractivity contribution in [3.05, 3.63) is 69.8 Å². The van der Waals surface area contributed by atoms with Gasteiger partial charge in [0, 0.05) is 30.6 Å². The van der Waals surface area contributed by atoms with Gasteiger partial charge in [0.2, 0.25) is 5.91 Å². The van der Waals surface area contributed by atoms with Crippen LogP contribution in [-0.2, 0) is 22.6 Å². The van der Waals surface area contributed by atoms with Crippen molar-refractivity contribution in [3.63, 3.8) is 0 Å². The SMILES string of the molecule is Cc1cc2ccc(N3CCN(CCc4ccc5c(c4C)COC5=O)CC3=O)nc2cc1C. The van der Waals surface area contributed by atoms with Crippen LogP contribution in [0.25, 0.3) is 10.9 Å². The largest absolute Gasteiger partial charge is 0.457 e. The van der Waals surface area contributed by atoms with Gasteiger partial charge in [-0.2, -0.15) is 0 Å². The number of esters is 1. The Balaban J connectivity index is 1.25. The van der Waals surface area contributed by atoms with Crippen LogP contribution in [0.2, 0.25) is 0 Å². The molecule has 6 heteroatoms. The van der Waals surface area contributed by atoms with Crippen LogP contribution in [0.4, 0.5) is 5.82 Å². The van der Waals surface area contributed by atoms with Gasteiger partial charge >= 0.3 is 5.97 Å². The van der Waals surface area contributed by atoms with Crippen LogP contribution in [0.15, 0.2) is 36.4 Å². The Morgan fingerprint density at radius 3 is 2.62 bits per heavy atom. The molecule has 1 aromatic heterocycles. The Hall–Kier alpha value is -3.25. The van der Waals surface area contributed by atoms with E-state index in [0.29, 0.717) is 25.3 Å². The molecule has 164 valence electrons. The Morgan fingerprint density at radius 1 is 1.00 bits per heavy atom. The second-order valence-corrected chi connectivity index (χ2v) is 8.82. The van der Waals surface area contributed by atoms with Gasteiger partial charge in [-0.15, -0.1) is 0 Å². The Kier molecular flexibility index (Phi) is 5.18. The number of fused-ring (bicyclic) bond motifs is 2. The monoisotopic (exact) mass is 429 g/mol. The number of cyclic esters (lactones) is 1. The second-order valence-electron chi connectivity index (χ2n) is 8.82. The molecule has 2 aliphatic heterocycles. The van der Waals surface area contributed by atoms with Gasteiger partial charge < -0.3 is 4.74 Å². The van der Waals surface area contributed by atoms with Crippen molar-refractivity contribution in [1.29, 1.82) is 0 Å². The topological polar surface area (TPSA) is 62.7 Å². The number of pyridine rings is 1. The summed E-state index contributed by atoms with van der Waals surface area (Å²) in [5.74, 6) is 0.574. The van der Waals surface area contributed by atoms with Gasteiger partial charge in [-0.05, 0) is 79.8 Å². The lowest BCUT2D eigenvalue weighted by Crippen LogP contribution is -2.51.